The van der Waals surface area contributed by atoms with Crippen LogP contribution < -0.4 is 33.2 Å². The Labute approximate surface area is 222 Å². The Morgan fingerprint density at radius 2 is 1.08 bits per heavy atom. The number of ether oxygens (including phenoxy) is 7. The molecule has 0 aliphatic carbocycles. The number of hydrogen-bond acceptors (Lipinski definition) is 8. The van der Waals surface area contributed by atoms with Gasteiger partial charge in [0.15, 0.2) is 23.0 Å². The molecule has 0 aliphatic heterocycles. The summed E-state index contributed by atoms with van der Waals surface area (Å²) in [5, 5.41) is 0.915. The standard InChI is InChI=1S/C30H32O8/c1-16(18-10-24(32-4)29(36-8)25(11-18)33-5)28-17(2)20-14-21(22(31-3)15-23(20)38-28)19-12-26(34-6)30(37-9)27(13-19)35-7/h10-15H,1H2,2-9H3. The molecule has 200 valence electrons. The Balaban J connectivity index is 1.88. The zero-order valence-corrected chi connectivity index (χ0v) is 22.9. The van der Waals surface area contributed by atoms with E-state index in [1.165, 1.54) is 0 Å². The van der Waals surface area contributed by atoms with Crippen molar-refractivity contribution >= 4 is 16.5 Å². The van der Waals surface area contributed by atoms with Crippen LogP contribution in [0.1, 0.15) is 16.9 Å². The lowest BCUT2D eigenvalue weighted by atomic mass is 9.98. The Morgan fingerprint density at radius 1 is 0.605 bits per heavy atom. The lowest BCUT2D eigenvalue weighted by Crippen LogP contribution is -1.97. The molecule has 0 saturated carbocycles. The molecule has 0 spiro atoms. The number of fused-ring (bicyclic) bond motifs is 1. The highest BCUT2D eigenvalue weighted by Crippen LogP contribution is 2.46. The molecular weight excluding hydrogens is 488 g/mol. The first kappa shape index (κ1) is 26.6. The number of methoxy groups -OCH3 is 7. The van der Waals surface area contributed by atoms with Crippen molar-refractivity contribution in [2.45, 2.75) is 6.92 Å². The minimum atomic E-state index is 0.507. The summed E-state index contributed by atoms with van der Waals surface area (Å²) >= 11 is 0. The highest BCUT2D eigenvalue weighted by atomic mass is 16.5. The SMILES string of the molecule is C=C(c1cc(OC)c(OC)c(OC)c1)c1oc2cc(OC)c(-c3cc(OC)c(OC)c(OC)c3)cc2c1C. The Kier molecular flexibility index (Phi) is 7.62. The maximum Gasteiger partial charge on any atom is 0.203 e. The molecule has 1 aromatic heterocycles. The van der Waals surface area contributed by atoms with Gasteiger partial charge in [0.1, 0.15) is 17.1 Å². The van der Waals surface area contributed by atoms with Crippen LogP contribution in [0.15, 0.2) is 47.4 Å². The van der Waals surface area contributed by atoms with Gasteiger partial charge in [-0.1, -0.05) is 6.58 Å². The second kappa shape index (κ2) is 10.9. The fraction of sp³-hybridized carbons (Fsp3) is 0.267. The van der Waals surface area contributed by atoms with Gasteiger partial charge in [-0.15, -0.1) is 0 Å². The molecule has 4 aromatic rings. The highest BCUT2D eigenvalue weighted by molar-refractivity contribution is 5.95. The van der Waals surface area contributed by atoms with Crippen molar-refractivity contribution in [2.75, 3.05) is 49.8 Å². The topological polar surface area (TPSA) is 77.8 Å². The Hall–Kier alpha value is -4.46. The molecule has 0 radical (unpaired) electrons. The van der Waals surface area contributed by atoms with Gasteiger partial charge in [0, 0.05) is 28.2 Å². The van der Waals surface area contributed by atoms with Crippen LogP contribution in [0.5, 0.6) is 40.2 Å². The largest absolute Gasteiger partial charge is 0.496 e. The normalized spacial score (nSPS) is 10.7. The van der Waals surface area contributed by atoms with E-state index in [2.05, 4.69) is 6.58 Å². The van der Waals surface area contributed by atoms with Gasteiger partial charge >= 0.3 is 0 Å². The molecule has 1 heterocycles. The first-order chi connectivity index (χ1) is 18.3. The molecular formula is C30H32O8. The van der Waals surface area contributed by atoms with Gasteiger partial charge in [-0.05, 0) is 48.4 Å². The molecule has 4 rings (SSSR count). The van der Waals surface area contributed by atoms with E-state index in [-0.39, 0.29) is 0 Å². The smallest absolute Gasteiger partial charge is 0.203 e. The van der Waals surface area contributed by atoms with Gasteiger partial charge < -0.3 is 37.6 Å². The Bertz CT molecular complexity index is 1450. The molecule has 8 nitrogen and oxygen atoms in total. The van der Waals surface area contributed by atoms with Gasteiger partial charge in [0.05, 0.1) is 49.8 Å². The third-order valence-corrected chi connectivity index (χ3v) is 6.52. The van der Waals surface area contributed by atoms with Crippen molar-refractivity contribution < 1.29 is 37.6 Å². The summed E-state index contributed by atoms with van der Waals surface area (Å²) in [6, 6.07) is 11.4. The molecule has 8 heteroatoms. The Morgan fingerprint density at radius 3 is 1.53 bits per heavy atom. The van der Waals surface area contributed by atoms with Crippen molar-refractivity contribution in [3.8, 4) is 51.4 Å². The van der Waals surface area contributed by atoms with E-state index in [1.807, 2.05) is 43.3 Å². The summed E-state index contributed by atoms with van der Waals surface area (Å²) in [4.78, 5) is 0. The van der Waals surface area contributed by atoms with Crippen LogP contribution in [0, 0.1) is 6.92 Å². The predicted octanol–water partition coefficient (Wildman–Crippen LogP) is 6.53. The number of hydrogen-bond donors (Lipinski definition) is 0. The van der Waals surface area contributed by atoms with Gasteiger partial charge in [0.2, 0.25) is 11.5 Å². The van der Waals surface area contributed by atoms with Crippen LogP contribution in [-0.4, -0.2) is 49.8 Å². The molecule has 0 bridgehead atoms. The minimum Gasteiger partial charge on any atom is -0.496 e. The molecule has 0 unspecified atom stereocenters. The maximum absolute atomic E-state index is 6.32. The van der Waals surface area contributed by atoms with E-state index < -0.39 is 0 Å². The maximum atomic E-state index is 6.32. The van der Waals surface area contributed by atoms with Gasteiger partial charge in [-0.25, -0.2) is 0 Å². The van der Waals surface area contributed by atoms with Crippen molar-refractivity contribution in [3.05, 3.63) is 59.9 Å². The highest BCUT2D eigenvalue weighted by Gasteiger charge is 2.22. The van der Waals surface area contributed by atoms with Crippen molar-refractivity contribution in [1.29, 1.82) is 0 Å². The van der Waals surface area contributed by atoms with Crippen molar-refractivity contribution in [3.63, 3.8) is 0 Å². The zero-order chi connectivity index (χ0) is 27.6. The quantitative estimate of drug-likeness (QED) is 0.234. The third-order valence-electron chi connectivity index (χ3n) is 6.52. The van der Waals surface area contributed by atoms with Crippen LogP contribution in [0.3, 0.4) is 0 Å². The van der Waals surface area contributed by atoms with Crippen LogP contribution >= 0.6 is 0 Å². The first-order valence-corrected chi connectivity index (χ1v) is 11.8. The van der Waals surface area contributed by atoms with E-state index in [9.17, 15) is 0 Å². The summed E-state index contributed by atoms with van der Waals surface area (Å²) in [6.07, 6.45) is 0. The lowest BCUT2D eigenvalue weighted by Gasteiger charge is -2.15. The molecule has 38 heavy (non-hydrogen) atoms. The number of aryl methyl sites for hydroxylation is 1. The summed E-state index contributed by atoms with van der Waals surface area (Å²) in [6.45, 7) is 6.32. The molecule has 0 fully saturated rings. The van der Waals surface area contributed by atoms with Crippen molar-refractivity contribution in [1.82, 2.24) is 0 Å². The molecule has 0 amide bonds. The van der Waals surface area contributed by atoms with E-state index in [4.69, 9.17) is 37.6 Å². The average molecular weight is 521 g/mol. The fourth-order valence-corrected chi connectivity index (χ4v) is 4.55. The number of benzene rings is 3. The van der Waals surface area contributed by atoms with Crippen LogP contribution in [0.2, 0.25) is 0 Å². The van der Waals surface area contributed by atoms with Crippen LogP contribution in [-0.2, 0) is 0 Å². The molecule has 3 aromatic carbocycles. The lowest BCUT2D eigenvalue weighted by molar-refractivity contribution is 0.324. The minimum absolute atomic E-state index is 0.507. The molecule has 0 aliphatic rings. The van der Waals surface area contributed by atoms with E-state index in [0.717, 1.165) is 27.6 Å². The fourth-order valence-electron chi connectivity index (χ4n) is 4.55. The number of furan rings is 1. The van der Waals surface area contributed by atoms with Crippen LogP contribution in [0.4, 0.5) is 0 Å². The number of rotatable bonds is 10. The monoisotopic (exact) mass is 520 g/mol. The van der Waals surface area contributed by atoms with Crippen LogP contribution in [0.25, 0.3) is 27.7 Å². The van der Waals surface area contributed by atoms with E-state index >= 15 is 0 Å². The molecule has 0 atom stereocenters. The summed E-state index contributed by atoms with van der Waals surface area (Å²) in [7, 11) is 11.1. The second-order valence-electron chi connectivity index (χ2n) is 8.41. The molecule has 0 saturated heterocycles. The molecule has 0 N–H and O–H groups in total. The van der Waals surface area contributed by atoms with Gasteiger partial charge in [-0.2, -0.15) is 0 Å². The summed E-state index contributed by atoms with van der Waals surface area (Å²) < 4.78 is 45.2. The first-order valence-electron chi connectivity index (χ1n) is 11.8. The summed E-state index contributed by atoms with van der Waals surface area (Å²) in [5.74, 6) is 4.44. The zero-order valence-electron chi connectivity index (χ0n) is 22.9. The average Bonchev–Trinajstić information content (AvgIpc) is 3.28. The summed E-state index contributed by atoms with van der Waals surface area (Å²) in [5.41, 5.74) is 4.72. The second-order valence-corrected chi connectivity index (χ2v) is 8.41. The van der Waals surface area contributed by atoms with Gasteiger partial charge in [0.25, 0.3) is 0 Å². The third kappa shape index (κ3) is 4.42. The predicted molar refractivity (Wildman–Crippen MR) is 147 cm³/mol. The van der Waals surface area contributed by atoms with Gasteiger partial charge in [-0.3, -0.25) is 0 Å². The van der Waals surface area contributed by atoms with Crippen molar-refractivity contribution in [2.24, 2.45) is 0 Å². The van der Waals surface area contributed by atoms with E-state index in [0.29, 0.717) is 57.2 Å². The van der Waals surface area contributed by atoms with E-state index in [1.54, 1.807) is 49.8 Å².